The Morgan fingerprint density at radius 3 is 2.48 bits per heavy atom. The van der Waals surface area contributed by atoms with Crippen molar-refractivity contribution < 1.29 is 23.9 Å². The molecule has 2 amide bonds. The number of carboxylic acids is 1. The highest BCUT2D eigenvalue weighted by molar-refractivity contribution is 6.31. The first-order chi connectivity index (χ1) is 19.8. The zero-order valence-corrected chi connectivity index (χ0v) is 25.2. The molecule has 220 valence electrons. The molecule has 3 N–H and O–H groups in total. The summed E-state index contributed by atoms with van der Waals surface area (Å²) >= 11 is 12.6. The summed E-state index contributed by atoms with van der Waals surface area (Å²) < 4.78 is 15.9. The van der Waals surface area contributed by atoms with Crippen LogP contribution in [-0.2, 0) is 26.2 Å². The van der Waals surface area contributed by atoms with Crippen LogP contribution >= 0.6 is 23.2 Å². The number of aliphatic carboxylic acids is 1. The Bertz CT molecular complexity index is 1550. The molecule has 3 aromatic carbocycles. The van der Waals surface area contributed by atoms with Crippen molar-refractivity contribution in [2.45, 2.75) is 57.8 Å². The standard InChI is InChI=1S/C33H33Cl2FN2O4/c1-32(2,3)17-19-15-23(30(41)37-21-11-7-18(8-12-21)9-14-27(39)40)28(22-5-4-6-25(35)29(22)36)33(19)24-13-10-20(34)16-26(24)38-31(33)42/h4-8,10-13,16,19,23,28H,9,14-15,17H2,1-3H3,(H,37,41)(H,38,42)(H,39,40)/t19-,23+,28-,33-/m0/s1. The van der Waals surface area contributed by atoms with Gasteiger partial charge in [0.2, 0.25) is 11.8 Å². The van der Waals surface area contributed by atoms with Gasteiger partial charge >= 0.3 is 5.97 Å². The van der Waals surface area contributed by atoms with Crippen LogP contribution in [0, 0.1) is 23.1 Å². The highest BCUT2D eigenvalue weighted by Crippen LogP contribution is 2.64. The number of carboxylic acid groups (broad SMARTS) is 1. The smallest absolute Gasteiger partial charge is 0.303 e. The van der Waals surface area contributed by atoms with Crippen molar-refractivity contribution in [2.24, 2.45) is 17.3 Å². The molecule has 1 aliphatic carbocycles. The van der Waals surface area contributed by atoms with Crippen molar-refractivity contribution in [1.82, 2.24) is 0 Å². The number of anilines is 2. The van der Waals surface area contributed by atoms with E-state index < -0.39 is 29.0 Å². The molecule has 0 aromatic heterocycles. The number of carbonyl (C=O) groups is 3. The summed E-state index contributed by atoms with van der Waals surface area (Å²) in [5.74, 6) is -4.04. The molecule has 1 saturated carbocycles. The molecule has 4 atom stereocenters. The maximum absolute atomic E-state index is 15.9. The molecule has 0 radical (unpaired) electrons. The summed E-state index contributed by atoms with van der Waals surface area (Å²) in [6.45, 7) is 6.26. The lowest BCUT2D eigenvalue weighted by molar-refractivity contribution is -0.137. The van der Waals surface area contributed by atoms with Gasteiger partial charge in [0.1, 0.15) is 5.82 Å². The van der Waals surface area contributed by atoms with Crippen molar-refractivity contribution in [3.8, 4) is 0 Å². The second kappa shape index (κ2) is 11.3. The van der Waals surface area contributed by atoms with E-state index in [-0.39, 0.29) is 40.2 Å². The number of amides is 2. The van der Waals surface area contributed by atoms with Gasteiger partial charge in [0.05, 0.1) is 10.4 Å². The number of carbonyl (C=O) groups excluding carboxylic acids is 2. The Labute approximate surface area is 254 Å². The summed E-state index contributed by atoms with van der Waals surface area (Å²) in [6, 6.07) is 16.9. The van der Waals surface area contributed by atoms with Crippen LogP contribution in [0.4, 0.5) is 15.8 Å². The third-order valence-corrected chi connectivity index (χ3v) is 9.01. The molecular formula is C33H33Cl2FN2O4. The number of fused-ring (bicyclic) bond motifs is 2. The minimum Gasteiger partial charge on any atom is -0.481 e. The largest absolute Gasteiger partial charge is 0.481 e. The zero-order chi connectivity index (χ0) is 30.4. The van der Waals surface area contributed by atoms with E-state index in [1.807, 2.05) is 6.07 Å². The maximum atomic E-state index is 15.9. The molecule has 1 aliphatic heterocycles. The first-order valence-corrected chi connectivity index (χ1v) is 14.7. The molecule has 3 aromatic rings. The third-order valence-electron chi connectivity index (χ3n) is 8.49. The molecule has 9 heteroatoms. The SMILES string of the molecule is CC(C)(C)C[C@@H]1C[C@@H](C(=O)Nc2ccc(CCC(=O)O)cc2)[C@H](c2cccc(Cl)c2F)[C@]12C(=O)Nc1cc(Cl)ccc12. The minimum atomic E-state index is -1.23. The predicted molar refractivity (Wildman–Crippen MR) is 163 cm³/mol. The van der Waals surface area contributed by atoms with E-state index in [9.17, 15) is 14.4 Å². The quantitative estimate of drug-likeness (QED) is 0.254. The number of hydrogen-bond donors (Lipinski definition) is 3. The van der Waals surface area contributed by atoms with Gasteiger partial charge < -0.3 is 15.7 Å². The summed E-state index contributed by atoms with van der Waals surface area (Å²) in [4.78, 5) is 39.3. The molecular weight excluding hydrogens is 578 g/mol. The molecule has 1 heterocycles. The van der Waals surface area contributed by atoms with Crippen LogP contribution < -0.4 is 10.6 Å². The van der Waals surface area contributed by atoms with Crippen molar-refractivity contribution in [1.29, 1.82) is 0 Å². The number of hydrogen-bond acceptors (Lipinski definition) is 3. The van der Waals surface area contributed by atoms with Crippen LogP contribution in [0.25, 0.3) is 0 Å². The van der Waals surface area contributed by atoms with Gasteiger partial charge in [-0.25, -0.2) is 4.39 Å². The Kier molecular flexibility index (Phi) is 8.12. The lowest BCUT2D eigenvalue weighted by Crippen LogP contribution is -2.45. The van der Waals surface area contributed by atoms with Gasteiger partial charge in [0.15, 0.2) is 0 Å². The van der Waals surface area contributed by atoms with Crippen LogP contribution in [0.1, 0.15) is 62.6 Å². The van der Waals surface area contributed by atoms with Gasteiger partial charge in [-0.1, -0.05) is 74.3 Å². The van der Waals surface area contributed by atoms with E-state index in [1.54, 1.807) is 48.5 Å². The van der Waals surface area contributed by atoms with Gasteiger partial charge in [0.25, 0.3) is 0 Å². The van der Waals surface area contributed by atoms with E-state index >= 15 is 4.39 Å². The average Bonchev–Trinajstić information content (AvgIpc) is 3.38. The number of benzene rings is 3. The lowest BCUT2D eigenvalue weighted by atomic mass is 9.62. The van der Waals surface area contributed by atoms with E-state index in [1.165, 1.54) is 6.07 Å². The van der Waals surface area contributed by atoms with Gasteiger partial charge in [0, 0.05) is 34.7 Å². The van der Waals surface area contributed by atoms with Gasteiger partial charge in [-0.15, -0.1) is 0 Å². The second-order valence-electron chi connectivity index (χ2n) is 12.5. The Hall–Kier alpha value is -3.42. The zero-order valence-electron chi connectivity index (χ0n) is 23.6. The van der Waals surface area contributed by atoms with Crippen molar-refractivity contribution >= 4 is 52.4 Å². The van der Waals surface area contributed by atoms with E-state index in [2.05, 4.69) is 31.4 Å². The Morgan fingerprint density at radius 1 is 1.10 bits per heavy atom. The summed E-state index contributed by atoms with van der Waals surface area (Å²) in [5.41, 5.74) is 1.42. The van der Waals surface area contributed by atoms with Gasteiger partial charge in [-0.3, -0.25) is 14.4 Å². The fourth-order valence-corrected chi connectivity index (χ4v) is 7.30. The monoisotopic (exact) mass is 610 g/mol. The lowest BCUT2D eigenvalue weighted by Gasteiger charge is -2.39. The molecule has 6 nitrogen and oxygen atoms in total. The Balaban J connectivity index is 1.62. The molecule has 1 spiro atoms. The van der Waals surface area contributed by atoms with Gasteiger partial charge in [-0.05, 0) is 77.6 Å². The van der Waals surface area contributed by atoms with Crippen LogP contribution in [0.15, 0.2) is 60.7 Å². The molecule has 0 bridgehead atoms. The highest BCUT2D eigenvalue weighted by atomic mass is 35.5. The second-order valence-corrected chi connectivity index (χ2v) is 13.4. The average molecular weight is 612 g/mol. The van der Waals surface area contributed by atoms with E-state index in [0.717, 1.165) is 5.56 Å². The summed E-state index contributed by atoms with van der Waals surface area (Å²) in [5, 5.41) is 15.3. The van der Waals surface area contributed by atoms with Crippen LogP contribution in [0.5, 0.6) is 0 Å². The molecule has 5 rings (SSSR count). The number of aryl methyl sites for hydroxylation is 1. The molecule has 42 heavy (non-hydrogen) atoms. The highest BCUT2D eigenvalue weighted by Gasteiger charge is 2.66. The van der Waals surface area contributed by atoms with Gasteiger partial charge in [-0.2, -0.15) is 0 Å². The first kappa shape index (κ1) is 30.1. The van der Waals surface area contributed by atoms with Crippen LogP contribution in [-0.4, -0.2) is 22.9 Å². The first-order valence-electron chi connectivity index (χ1n) is 14.0. The fourth-order valence-electron chi connectivity index (χ4n) is 6.95. The van der Waals surface area contributed by atoms with Crippen molar-refractivity contribution in [3.63, 3.8) is 0 Å². The minimum absolute atomic E-state index is 0.00660. The summed E-state index contributed by atoms with van der Waals surface area (Å²) in [7, 11) is 0. The van der Waals surface area contributed by atoms with E-state index in [4.69, 9.17) is 28.3 Å². The maximum Gasteiger partial charge on any atom is 0.303 e. The fraction of sp³-hybridized carbons (Fsp3) is 0.364. The third kappa shape index (κ3) is 5.52. The summed E-state index contributed by atoms with van der Waals surface area (Å²) in [6.07, 6.45) is 1.35. The van der Waals surface area contributed by atoms with Crippen LogP contribution in [0.3, 0.4) is 0 Å². The van der Waals surface area contributed by atoms with E-state index in [0.29, 0.717) is 41.2 Å². The number of nitrogens with one attached hydrogen (secondary N) is 2. The van der Waals surface area contributed by atoms with Crippen molar-refractivity contribution in [2.75, 3.05) is 10.6 Å². The molecule has 0 saturated heterocycles. The number of halogens is 3. The molecule has 2 aliphatic rings. The molecule has 0 unspecified atom stereocenters. The molecule has 1 fully saturated rings. The normalized spacial score (nSPS) is 23.1. The Morgan fingerprint density at radius 2 is 1.81 bits per heavy atom. The topological polar surface area (TPSA) is 95.5 Å². The number of rotatable bonds is 7. The van der Waals surface area contributed by atoms with Crippen LogP contribution in [0.2, 0.25) is 10.0 Å². The predicted octanol–water partition coefficient (Wildman–Crippen LogP) is 7.83. The van der Waals surface area contributed by atoms with Crippen molar-refractivity contribution in [3.05, 3.63) is 93.2 Å².